The number of pyridine rings is 1. The first kappa shape index (κ1) is 16.7. The molecular formula is C20H27N3O. The molecular weight excluding hydrogens is 298 g/mol. The molecule has 1 aliphatic carbocycles. The summed E-state index contributed by atoms with van der Waals surface area (Å²) in [4.78, 5) is 19.6. The smallest absolute Gasteiger partial charge is 0.255 e. The highest BCUT2D eigenvalue weighted by Crippen LogP contribution is 2.33. The number of amides is 1. The Hall–Kier alpha value is -2.10. The standard InChI is InChI=1S/C20H27N3O/c1-13(2)23-14(3)12-17(15(23)4)20(24)22(5)18-10-6-8-16-9-7-11-21-19(16)18/h7,9,11-13,18H,6,8,10H2,1-5H3/t18-/m0/s1. The summed E-state index contributed by atoms with van der Waals surface area (Å²) >= 11 is 0. The Bertz CT molecular complexity index is 760. The normalized spacial score (nSPS) is 17.0. The van der Waals surface area contributed by atoms with E-state index in [0.717, 1.165) is 41.9 Å². The van der Waals surface area contributed by atoms with Crippen LogP contribution in [-0.4, -0.2) is 27.4 Å². The maximum atomic E-state index is 13.1. The molecule has 1 atom stereocenters. The zero-order valence-corrected chi connectivity index (χ0v) is 15.3. The Kier molecular flexibility index (Phi) is 4.48. The third-order valence-electron chi connectivity index (χ3n) is 5.18. The molecule has 0 aliphatic heterocycles. The average Bonchev–Trinajstić information content (AvgIpc) is 2.87. The number of aromatic nitrogens is 2. The van der Waals surface area contributed by atoms with Gasteiger partial charge in [0.2, 0.25) is 0 Å². The summed E-state index contributed by atoms with van der Waals surface area (Å²) in [5, 5.41) is 0. The van der Waals surface area contributed by atoms with E-state index in [1.54, 1.807) is 0 Å². The number of rotatable bonds is 3. The van der Waals surface area contributed by atoms with Gasteiger partial charge in [0.15, 0.2) is 0 Å². The van der Waals surface area contributed by atoms with Gasteiger partial charge in [-0.15, -0.1) is 0 Å². The lowest BCUT2D eigenvalue weighted by Gasteiger charge is -2.32. The Morgan fingerprint density at radius 2 is 2.12 bits per heavy atom. The molecule has 1 aliphatic rings. The molecule has 0 N–H and O–H groups in total. The zero-order valence-electron chi connectivity index (χ0n) is 15.3. The van der Waals surface area contributed by atoms with Crippen molar-refractivity contribution in [1.82, 2.24) is 14.5 Å². The Morgan fingerprint density at radius 1 is 1.38 bits per heavy atom. The summed E-state index contributed by atoms with van der Waals surface area (Å²) in [7, 11) is 1.91. The number of carbonyl (C=O) groups excluding carboxylic acids is 1. The van der Waals surface area contributed by atoms with Gasteiger partial charge in [-0.2, -0.15) is 0 Å². The molecule has 0 unspecified atom stereocenters. The van der Waals surface area contributed by atoms with E-state index in [1.165, 1.54) is 5.56 Å². The molecule has 0 saturated heterocycles. The van der Waals surface area contributed by atoms with Crippen molar-refractivity contribution in [2.45, 2.75) is 59.0 Å². The third kappa shape index (κ3) is 2.74. The van der Waals surface area contributed by atoms with Crippen LogP contribution < -0.4 is 0 Å². The lowest BCUT2D eigenvalue weighted by Crippen LogP contribution is -2.34. The van der Waals surface area contributed by atoms with Crippen LogP contribution in [0.15, 0.2) is 24.4 Å². The second kappa shape index (κ2) is 6.42. The van der Waals surface area contributed by atoms with Gasteiger partial charge in [-0.3, -0.25) is 9.78 Å². The van der Waals surface area contributed by atoms with Crippen molar-refractivity contribution in [3.8, 4) is 0 Å². The van der Waals surface area contributed by atoms with Gasteiger partial charge in [0.05, 0.1) is 17.3 Å². The van der Waals surface area contributed by atoms with E-state index in [2.05, 4.69) is 36.4 Å². The van der Waals surface area contributed by atoms with Crippen molar-refractivity contribution in [2.24, 2.45) is 0 Å². The van der Waals surface area contributed by atoms with Crippen LogP contribution in [0.3, 0.4) is 0 Å². The minimum absolute atomic E-state index is 0.0737. The number of nitrogens with zero attached hydrogens (tertiary/aromatic N) is 3. The van der Waals surface area contributed by atoms with Crippen LogP contribution >= 0.6 is 0 Å². The van der Waals surface area contributed by atoms with Gasteiger partial charge in [-0.05, 0) is 64.7 Å². The van der Waals surface area contributed by atoms with Gasteiger partial charge in [-0.1, -0.05) is 6.07 Å². The Labute approximate surface area is 144 Å². The fraction of sp³-hybridized carbons (Fsp3) is 0.500. The number of carbonyl (C=O) groups is 1. The lowest BCUT2D eigenvalue weighted by atomic mass is 9.91. The molecule has 4 heteroatoms. The van der Waals surface area contributed by atoms with Crippen LogP contribution in [0.2, 0.25) is 0 Å². The molecule has 0 spiro atoms. The monoisotopic (exact) mass is 325 g/mol. The van der Waals surface area contributed by atoms with Crippen LogP contribution in [0, 0.1) is 13.8 Å². The maximum absolute atomic E-state index is 13.1. The summed E-state index contributed by atoms with van der Waals surface area (Å²) in [6.45, 7) is 8.42. The van der Waals surface area contributed by atoms with Crippen LogP contribution in [0.25, 0.3) is 0 Å². The van der Waals surface area contributed by atoms with Crippen LogP contribution in [0.1, 0.15) is 71.8 Å². The summed E-state index contributed by atoms with van der Waals surface area (Å²) < 4.78 is 2.23. The second-order valence-corrected chi connectivity index (χ2v) is 7.12. The molecule has 128 valence electrons. The first-order chi connectivity index (χ1) is 11.4. The molecule has 2 aromatic rings. The number of aryl methyl sites for hydroxylation is 2. The first-order valence-electron chi connectivity index (χ1n) is 8.81. The summed E-state index contributed by atoms with van der Waals surface area (Å²) in [6.07, 6.45) is 4.98. The molecule has 0 fully saturated rings. The van der Waals surface area contributed by atoms with Crippen molar-refractivity contribution in [1.29, 1.82) is 0 Å². The Balaban J connectivity index is 1.93. The van der Waals surface area contributed by atoms with Crippen LogP contribution in [-0.2, 0) is 6.42 Å². The maximum Gasteiger partial charge on any atom is 0.255 e. The topological polar surface area (TPSA) is 38.1 Å². The minimum Gasteiger partial charge on any atom is -0.346 e. The highest BCUT2D eigenvalue weighted by molar-refractivity contribution is 5.95. The molecule has 0 aromatic carbocycles. The third-order valence-corrected chi connectivity index (χ3v) is 5.18. The zero-order chi connectivity index (χ0) is 17.4. The SMILES string of the molecule is Cc1cc(C(=O)N(C)[C@H]2CCCc3cccnc32)c(C)n1C(C)C. The van der Waals surface area contributed by atoms with Gasteiger partial charge in [0.1, 0.15) is 0 Å². The summed E-state index contributed by atoms with van der Waals surface area (Å²) in [5.41, 5.74) is 5.35. The summed E-state index contributed by atoms with van der Waals surface area (Å²) in [5.74, 6) is 0.0958. The van der Waals surface area contributed by atoms with E-state index in [1.807, 2.05) is 37.2 Å². The number of hydrogen-bond donors (Lipinski definition) is 0. The van der Waals surface area contributed by atoms with E-state index < -0.39 is 0 Å². The van der Waals surface area contributed by atoms with Crippen molar-refractivity contribution in [3.63, 3.8) is 0 Å². The Morgan fingerprint density at radius 3 is 2.79 bits per heavy atom. The molecule has 0 radical (unpaired) electrons. The predicted octanol–water partition coefficient (Wildman–Crippen LogP) is 4.23. The van der Waals surface area contributed by atoms with Gasteiger partial charge >= 0.3 is 0 Å². The van der Waals surface area contributed by atoms with E-state index in [9.17, 15) is 4.79 Å². The predicted molar refractivity (Wildman–Crippen MR) is 96.3 cm³/mol. The van der Waals surface area contributed by atoms with E-state index >= 15 is 0 Å². The van der Waals surface area contributed by atoms with Gasteiger partial charge in [0.25, 0.3) is 5.91 Å². The van der Waals surface area contributed by atoms with Crippen molar-refractivity contribution in [2.75, 3.05) is 7.05 Å². The number of fused-ring (bicyclic) bond motifs is 1. The molecule has 2 heterocycles. The van der Waals surface area contributed by atoms with Crippen molar-refractivity contribution >= 4 is 5.91 Å². The van der Waals surface area contributed by atoms with Crippen molar-refractivity contribution < 1.29 is 4.79 Å². The van der Waals surface area contributed by atoms with Gasteiger partial charge in [0, 0.05) is 30.7 Å². The molecule has 0 bridgehead atoms. The molecule has 4 nitrogen and oxygen atoms in total. The van der Waals surface area contributed by atoms with Crippen molar-refractivity contribution in [3.05, 3.63) is 52.6 Å². The van der Waals surface area contributed by atoms with E-state index in [4.69, 9.17) is 0 Å². The largest absolute Gasteiger partial charge is 0.346 e. The molecule has 24 heavy (non-hydrogen) atoms. The molecule has 0 saturated carbocycles. The lowest BCUT2D eigenvalue weighted by molar-refractivity contribution is 0.0710. The van der Waals surface area contributed by atoms with Crippen LogP contribution in [0.4, 0.5) is 0 Å². The molecule has 2 aromatic heterocycles. The first-order valence-corrected chi connectivity index (χ1v) is 8.81. The molecule has 3 rings (SSSR count). The van der Waals surface area contributed by atoms with E-state index in [0.29, 0.717) is 6.04 Å². The second-order valence-electron chi connectivity index (χ2n) is 7.12. The van der Waals surface area contributed by atoms with Crippen LogP contribution in [0.5, 0.6) is 0 Å². The van der Waals surface area contributed by atoms with Gasteiger partial charge < -0.3 is 9.47 Å². The number of hydrogen-bond acceptors (Lipinski definition) is 2. The average molecular weight is 325 g/mol. The highest BCUT2D eigenvalue weighted by atomic mass is 16.2. The summed E-state index contributed by atoms with van der Waals surface area (Å²) in [6, 6.07) is 6.58. The fourth-order valence-corrected chi connectivity index (χ4v) is 4.08. The van der Waals surface area contributed by atoms with E-state index in [-0.39, 0.29) is 11.9 Å². The quantitative estimate of drug-likeness (QED) is 0.847. The minimum atomic E-state index is 0.0737. The highest BCUT2D eigenvalue weighted by Gasteiger charge is 2.30. The fourth-order valence-electron chi connectivity index (χ4n) is 4.08. The van der Waals surface area contributed by atoms with Gasteiger partial charge in [-0.25, -0.2) is 0 Å². The molecule has 1 amide bonds.